The van der Waals surface area contributed by atoms with E-state index in [1.807, 2.05) is 36.6 Å². The van der Waals surface area contributed by atoms with Crippen molar-refractivity contribution in [1.29, 1.82) is 0 Å². The summed E-state index contributed by atoms with van der Waals surface area (Å²) >= 11 is 1.66. The van der Waals surface area contributed by atoms with Crippen molar-refractivity contribution in [3.8, 4) is 11.5 Å². The van der Waals surface area contributed by atoms with Crippen LogP contribution in [0.15, 0.2) is 59.8 Å². The third-order valence-corrected chi connectivity index (χ3v) is 6.08. The quantitative estimate of drug-likeness (QED) is 0.323. The molecule has 0 aliphatic carbocycles. The van der Waals surface area contributed by atoms with Gasteiger partial charge in [0.2, 0.25) is 0 Å². The second-order valence-corrected chi connectivity index (χ2v) is 8.01. The van der Waals surface area contributed by atoms with Gasteiger partial charge in [-0.15, -0.1) is 11.8 Å². The van der Waals surface area contributed by atoms with Crippen LogP contribution in [0.3, 0.4) is 0 Å². The van der Waals surface area contributed by atoms with Crippen LogP contribution in [-0.4, -0.2) is 40.2 Å². The lowest BCUT2D eigenvalue weighted by molar-refractivity contribution is 0.356. The van der Waals surface area contributed by atoms with Crippen molar-refractivity contribution in [3.05, 3.63) is 54.9 Å². The fraction of sp³-hybridized carbons (Fsp3) is 0.143. The third kappa shape index (κ3) is 4.57. The molecule has 0 bridgehead atoms. The maximum Gasteiger partial charge on any atom is 0.200 e. The summed E-state index contributed by atoms with van der Waals surface area (Å²) in [6, 6.07) is 15.1. The van der Waals surface area contributed by atoms with Gasteiger partial charge in [0, 0.05) is 21.7 Å². The van der Waals surface area contributed by atoms with Crippen molar-refractivity contribution in [2.24, 2.45) is 0 Å². The molecule has 0 saturated heterocycles. The zero-order valence-electron chi connectivity index (χ0n) is 16.7. The van der Waals surface area contributed by atoms with Gasteiger partial charge in [-0.1, -0.05) is 24.3 Å². The summed E-state index contributed by atoms with van der Waals surface area (Å²) in [6.45, 7) is 0. The monoisotopic (exact) mass is 443 g/mol. The predicted molar refractivity (Wildman–Crippen MR) is 124 cm³/mol. The van der Waals surface area contributed by atoms with E-state index in [0.717, 1.165) is 26.6 Å². The van der Waals surface area contributed by atoms with Crippen molar-refractivity contribution in [2.45, 2.75) is 4.90 Å². The predicted octanol–water partition coefficient (Wildman–Crippen LogP) is 3.71. The summed E-state index contributed by atoms with van der Waals surface area (Å²) in [5.74, 6) is 1.68. The summed E-state index contributed by atoms with van der Waals surface area (Å²) in [5, 5.41) is 3.40. The van der Waals surface area contributed by atoms with Gasteiger partial charge in [0.15, 0.2) is 19.9 Å². The van der Waals surface area contributed by atoms with Crippen LogP contribution < -0.4 is 20.5 Å². The minimum Gasteiger partial charge on any atom is -0.493 e. The topological polar surface area (TPSA) is 111 Å². The third-order valence-electron chi connectivity index (χ3n) is 4.47. The number of nitrogen functional groups attached to an aromatic ring is 1. The van der Waals surface area contributed by atoms with Crippen molar-refractivity contribution >= 4 is 52.9 Å². The summed E-state index contributed by atoms with van der Waals surface area (Å²) in [4.78, 5) is 27.8. The Bertz CT molecular complexity index is 1170. The van der Waals surface area contributed by atoms with Gasteiger partial charge in [-0.2, -0.15) is 0 Å². The van der Waals surface area contributed by atoms with Crippen molar-refractivity contribution in [1.82, 2.24) is 9.97 Å². The first-order valence-electron chi connectivity index (χ1n) is 8.86. The van der Waals surface area contributed by atoms with E-state index < -0.39 is 8.38 Å². The molecular formula is C21H22N3O4PS. The molecule has 0 atom stereocenters. The number of hydrogen-bond acceptors (Lipinski definition) is 8. The van der Waals surface area contributed by atoms with Crippen LogP contribution in [0.4, 0.5) is 5.82 Å². The molecule has 0 saturated carbocycles. The van der Waals surface area contributed by atoms with E-state index in [9.17, 15) is 9.79 Å². The number of benzene rings is 3. The number of thioether (sulfide) groups is 1. The first-order chi connectivity index (χ1) is 14.5. The van der Waals surface area contributed by atoms with E-state index in [0.29, 0.717) is 22.6 Å². The van der Waals surface area contributed by atoms with E-state index in [4.69, 9.17) is 15.2 Å². The van der Waals surface area contributed by atoms with Gasteiger partial charge in [0.05, 0.1) is 19.7 Å². The fourth-order valence-electron chi connectivity index (χ4n) is 3.02. The number of aromatic nitrogens is 2. The highest BCUT2D eigenvalue weighted by Gasteiger charge is 2.10. The zero-order chi connectivity index (χ0) is 21.7. The van der Waals surface area contributed by atoms with Crippen LogP contribution in [0, 0.1) is 0 Å². The first kappa shape index (κ1) is 22.1. The molecule has 0 spiro atoms. The molecule has 4 N–H and O–H groups in total. The van der Waals surface area contributed by atoms with Gasteiger partial charge in [0.1, 0.15) is 12.1 Å². The molecule has 1 aromatic heterocycles. The number of nitrogens with two attached hydrogens (primary N) is 1. The molecule has 0 radical (unpaired) electrons. The molecule has 9 heteroatoms. The molecule has 4 rings (SSSR count). The number of fused-ring (bicyclic) bond motifs is 2. The highest BCUT2D eigenvalue weighted by molar-refractivity contribution is 7.98. The normalized spacial score (nSPS) is 10.7. The molecule has 0 aliphatic rings. The molecule has 0 fully saturated rings. The Morgan fingerprint density at radius 2 is 1.57 bits per heavy atom. The lowest BCUT2D eigenvalue weighted by atomic mass is 10.1. The van der Waals surface area contributed by atoms with Crippen molar-refractivity contribution in [3.63, 3.8) is 0 Å². The van der Waals surface area contributed by atoms with Crippen molar-refractivity contribution < 1.29 is 19.3 Å². The Balaban J connectivity index is 0.000000171. The maximum atomic E-state index is 9.30. The molecular weight excluding hydrogens is 421 g/mol. The van der Waals surface area contributed by atoms with E-state index in [1.165, 1.54) is 6.33 Å². The van der Waals surface area contributed by atoms with Crippen LogP contribution in [0.5, 0.6) is 11.5 Å². The van der Waals surface area contributed by atoms with Gasteiger partial charge >= 0.3 is 0 Å². The van der Waals surface area contributed by atoms with Crippen LogP contribution in [0.2, 0.25) is 0 Å². The highest BCUT2D eigenvalue weighted by atomic mass is 32.2. The molecule has 0 amide bonds. The Labute approximate surface area is 179 Å². The SMILES string of the molecule is COc1cc2ncnc(N)c2cc1OC.CSc1cccc2c(P(O)O)cccc12. The lowest BCUT2D eigenvalue weighted by Crippen LogP contribution is -2.01. The minimum atomic E-state index is -2.02. The van der Waals surface area contributed by atoms with Gasteiger partial charge in [-0.05, 0) is 35.2 Å². The average molecular weight is 443 g/mol. The summed E-state index contributed by atoms with van der Waals surface area (Å²) in [5.41, 5.74) is 6.46. The molecule has 156 valence electrons. The summed E-state index contributed by atoms with van der Waals surface area (Å²) in [7, 11) is 1.13. The van der Waals surface area contributed by atoms with Crippen molar-refractivity contribution in [2.75, 3.05) is 26.2 Å². The second kappa shape index (κ2) is 9.91. The Hall–Kier alpha value is -2.64. The van der Waals surface area contributed by atoms with E-state index >= 15 is 0 Å². The second-order valence-electron chi connectivity index (χ2n) is 6.11. The highest BCUT2D eigenvalue weighted by Crippen LogP contribution is 2.33. The Morgan fingerprint density at radius 1 is 0.900 bits per heavy atom. The van der Waals surface area contributed by atoms with Gasteiger partial charge in [0.25, 0.3) is 0 Å². The number of hydrogen-bond donors (Lipinski definition) is 3. The molecule has 7 nitrogen and oxygen atoms in total. The first-order valence-corrected chi connectivity index (χ1v) is 11.3. The Kier molecular flexibility index (Phi) is 7.29. The van der Waals surface area contributed by atoms with Gasteiger partial charge in [-0.25, -0.2) is 9.97 Å². The van der Waals surface area contributed by atoms with Crippen LogP contribution in [0.1, 0.15) is 0 Å². The number of ether oxygens (including phenoxy) is 2. The van der Waals surface area contributed by atoms with Gasteiger partial charge < -0.3 is 25.0 Å². The Morgan fingerprint density at radius 3 is 2.23 bits per heavy atom. The molecule has 0 aliphatic heterocycles. The summed E-state index contributed by atoms with van der Waals surface area (Å²) in [6.07, 6.45) is 3.44. The number of anilines is 1. The number of rotatable bonds is 4. The van der Waals surface area contributed by atoms with Crippen LogP contribution in [-0.2, 0) is 0 Å². The fourth-order valence-corrected chi connectivity index (χ4v) is 4.26. The minimum absolute atomic E-state index is 0.431. The van der Waals surface area contributed by atoms with E-state index in [-0.39, 0.29) is 0 Å². The van der Waals surface area contributed by atoms with Crippen LogP contribution >= 0.6 is 20.1 Å². The zero-order valence-corrected chi connectivity index (χ0v) is 18.4. The molecule has 1 heterocycles. The molecule has 30 heavy (non-hydrogen) atoms. The molecule has 4 aromatic rings. The largest absolute Gasteiger partial charge is 0.493 e. The maximum absolute atomic E-state index is 9.30. The number of methoxy groups -OCH3 is 2. The molecule has 0 unspecified atom stereocenters. The van der Waals surface area contributed by atoms with E-state index in [1.54, 1.807) is 44.2 Å². The standard InChI is InChI=1S/C11H11O2PS.C10H11N3O2/c1-15-11-7-3-4-8-9(11)5-2-6-10(8)14(12)13;1-14-8-3-6-7(4-9(8)15-2)12-5-13-10(6)11/h2-7,12-13H,1H3;3-5H,1-2H3,(H2,11,12,13). The van der Waals surface area contributed by atoms with Crippen LogP contribution in [0.25, 0.3) is 21.7 Å². The summed E-state index contributed by atoms with van der Waals surface area (Å²) < 4.78 is 10.3. The molecule has 3 aromatic carbocycles. The van der Waals surface area contributed by atoms with E-state index in [2.05, 4.69) is 9.97 Å². The smallest absolute Gasteiger partial charge is 0.200 e. The number of nitrogens with zero attached hydrogens (tertiary/aromatic N) is 2. The average Bonchev–Trinajstić information content (AvgIpc) is 2.78. The van der Waals surface area contributed by atoms with Gasteiger partial charge in [-0.3, -0.25) is 0 Å². The lowest BCUT2D eigenvalue weighted by Gasteiger charge is -2.09.